The first-order chi connectivity index (χ1) is 11.9. The Morgan fingerprint density at radius 3 is 2.64 bits per heavy atom. The number of hydrogen-bond donors (Lipinski definition) is 1. The Labute approximate surface area is 149 Å². The predicted molar refractivity (Wildman–Crippen MR) is 94.0 cm³/mol. The molecule has 0 bridgehead atoms. The molecule has 0 spiro atoms. The van der Waals surface area contributed by atoms with Gasteiger partial charge in [-0.25, -0.2) is 8.42 Å². The van der Waals surface area contributed by atoms with E-state index in [4.69, 9.17) is 4.74 Å². The minimum Gasteiger partial charge on any atom is -0.379 e. The Morgan fingerprint density at radius 1 is 1.20 bits per heavy atom. The van der Waals surface area contributed by atoms with Crippen LogP contribution in [0.2, 0.25) is 0 Å². The third-order valence-electron chi connectivity index (χ3n) is 4.98. The summed E-state index contributed by atoms with van der Waals surface area (Å²) in [5.74, 6) is -0.125. The fraction of sp³-hybridized carbons (Fsp3) is 0.588. The molecule has 1 amide bonds. The quantitative estimate of drug-likeness (QED) is 0.843. The van der Waals surface area contributed by atoms with Gasteiger partial charge in [-0.2, -0.15) is 4.31 Å². The Kier molecular flexibility index (Phi) is 5.43. The molecule has 25 heavy (non-hydrogen) atoms. The van der Waals surface area contributed by atoms with E-state index in [1.165, 1.54) is 10.4 Å². The molecule has 2 atom stereocenters. The van der Waals surface area contributed by atoms with Crippen molar-refractivity contribution >= 4 is 15.9 Å². The lowest BCUT2D eigenvalue weighted by Crippen LogP contribution is -2.57. The molecule has 2 heterocycles. The number of carbonyl (C=O) groups excluding carboxylic acids is 1. The summed E-state index contributed by atoms with van der Waals surface area (Å²) in [6, 6.07) is 6.62. The van der Waals surface area contributed by atoms with Gasteiger partial charge >= 0.3 is 0 Å². The zero-order valence-corrected chi connectivity index (χ0v) is 15.5. The number of rotatable bonds is 3. The van der Waals surface area contributed by atoms with Gasteiger partial charge in [0, 0.05) is 43.8 Å². The summed E-state index contributed by atoms with van der Waals surface area (Å²) in [6.45, 7) is 6.88. The molecule has 2 aliphatic rings. The van der Waals surface area contributed by atoms with Crippen LogP contribution in [0, 0.1) is 0 Å². The van der Waals surface area contributed by atoms with Gasteiger partial charge in [-0.3, -0.25) is 4.79 Å². The van der Waals surface area contributed by atoms with E-state index < -0.39 is 10.0 Å². The van der Waals surface area contributed by atoms with Gasteiger partial charge in [-0.1, -0.05) is 6.07 Å². The van der Waals surface area contributed by atoms with Crippen molar-refractivity contribution in [2.24, 2.45) is 0 Å². The van der Waals surface area contributed by atoms with Crippen molar-refractivity contribution in [2.75, 3.05) is 39.4 Å². The molecule has 0 aliphatic carbocycles. The maximum absolute atomic E-state index is 12.9. The van der Waals surface area contributed by atoms with Gasteiger partial charge in [-0.15, -0.1) is 0 Å². The highest BCUT2D eigenvalue weighted by Crippen LogP contribution is 2.20. The molecule has 2 unspecified atom stereocenters. The van der Waals surface area contributed by atoms with Crippen LogP contribution in [0.4, 0.5) is 0 Å². The second-order valence-electron chi connectivity index (χ2n) is 6.53. The van der Waals surface area contributed by atoms with Crippen molar-refractivity contribution in [1.82, 2.24) is 14.5 Å². The highest BCUT2D eigenvalue weighted by atomic mass is 32.2. The fourth-order valence-corrected chi connectivity index (χ4v) is 4.69. The number of nitrogens with zero attached hydrogens (tertiary/aromatic N) is 2. The maximum Gasteiger partial charge on any atom is 0.254 e. The molecule has 0 saturated carbocycles. The van der Waals surface area contributed by atoms with Gasteiger partial charge in [0.2, 0.25) is 10.0 Å². The van der Waals surface area contributed by atoms with Crippen molar-refractivity contribution in [3.63, 3.8) is 0 Å². The summed E-state index contributed by atoms with van der Waals surface area (Å²) in [5, 5.41) is 3.34. The zero-order chi connectivity index (χ0) is 18.0. The Hall–Kier alpha value is -1.48. The molecule has 2 fully saturated rings. The Balaban J connectivity index is 1.85. The lowest BCUT2D eigenvalue weighted by Gasteiger charge is -2.38. The van der Waals surface area contributed by atoms with Crippen molar-refractivity contribution in [2.45, 2.75) is 30.8 Å². The average molecular weight is 367 g/mol. The van der Waals surface area contributed by atoms with Crippen LogP contribution in [0.1, 0.15) is 24.2 Å². The van der Waals surface area contributed by atoms with Crippen molar-refractivity contribution < 1.29 is 17.9 Å². The van der Waals surface area contributed by atoms with E-state index in [9.17, 15) is 13.2 Å². The second kappa shape index (κ2) is 7.41. The smallest absolute Gasteiger partial charge is 0.254 e. The molecule has 2 aliphatic heterocycles. The van der Waals surface area contributed by atoms with Crippen molar-refractivity contribution in [3.8, 4) is 0 Å². The number of amides is 1. The summed E-state index contributed by atoms with van der Waals surface area (Å²) >= 11 is 0. The average Bonchev–Trinajstić information content (AvgIpc) is 2.64. The SMILES string of the molecule is CC1NCCN(C(=O)c2cccc(S(=O)(=O)N3CCOCC3)c2)C1C. The molecule has 2 saturated heterocycles. The molecule has 0 aromatic heterocycles. The first-order valence-corrected chi connectivity index (χ1v) is 10.1. The van der Waals surface area contributed by atoms with Crippen LogP contribution in [0.5, 0.6) is 0 Å². The van der Waals surface area contributed by atoms with Gasteiger partial charge in [0.15, 0.2) is 0 Å². The summed E-state index contributed by atoms with van der Waals surface area (Å²) in [7, 11) is -3.60. The topological polar surface area (TPSA) is 79.0 Å². The van der Waals surface area contributed by atoms with Crippen LogP contribution in [0.15, 0.2) is 29.2 Å². The Morgan fingerprint density at radius 2 is 1.92 bits per heavy atom. The molecule has 0 radical (unpaired) electrons. The number of sulfonamides is 1. The molecule has 7 nitrogen and oxygen atoms in total. The van der Waals surface area contributed by atoms with Crippen LogP contribution in [0.25, 0.3) is 0 Å². The fourth-order valence-electron chi connectivity index (χ4n) is 3.23. The first kappa shape index (κ1) is 18.3. The van der Waals surface area contributed by atoms with E-state index >= 15 is 0 Å². The third-order valence-corrected chi connectivity index (χ3v) is 6.88. The van der Waals surface area contributed by atoms with Gasteiger partial charge in [0.25, 0.3) is 5.91 Å². The number of hydrogen-bond acceptors (Lipinski definition) is 5. The lowest BCUT2D eigenvalue weighted by molar-refractivity contribution is 0.0602. The minimum atomic E-state index is -3.60. The van der Waals surface area contributed by atoms with E-state index in [0.29, 0.717) is 38.4 Å². The standard InChI is InChI=1S/C17H25N3O4S/c1-13-14(2)20(7-6-18-13)17(21)15-4-3-5-16(12-15)25(22,23)19-8-10-24-11-9-19/h3-5,12-14,18H,6-11H2,1-2H3. The number of piperazine rings is 1. The Bertz CT molecular complexity index is 731. The minimum absolute atomic E-state index is 0.0563. The van der Waals surface area contributed by atoms with Crippen LogP contribution < -0.4 is 5.32 Å². The molecule has 8 heteroatoms. The summed E-state index contributed by atoms with van der Waals surface area (Å²) in [4.78, 5) is 14.9. The number of morpholine rings is 1. The van der Waals surface area contributed by atoms with Crippen LogP contribution in [-0.2, 0) is 14.8 Å². The van der Waals surface area contributed by atoms with Gasteiger partial charge in [0.05, 0.1) is 18.1 Å². The second-order valence-corrected chi connectivity index (χ2v) is 8.46. The van der Waals surface area contributed by atoms with Crippen LogP contribution in [-0.4, -0.2) is 75.0 Å². The largest absolute Gasteiger partial charge is 0.379 e. The van der Waals surface area contributed by atoms with Crippen molar-refractivity contribution in [3.05, 3.63) is 29.8 Å². The van der Waals surface area contributed by atoms with Gasteiger partial charge in [-0.05, 0) is 32.0 Å². The maximum atomic E-state index is 12.9. The predicted octanol–water partition coefficient (Wildman–Crippen LogP) is 0.530. The van der Waals surface area contributed by atoms with Gasteiger partial charge in [0.1, 0.15) is 0 Å². The van der Waals surface area contributed by atoms with Crippen LogP contribution in [0.3, 0.4) is 0 Å². The number of benzene rings is 1. The zero-order valence-electron chi connectivity index (χ0n) is 14.6. The lowest BCUT2D eigenvalue weighted by atomic mass is 10.1. The van der Waals surface area contributed by atoms with E-state index in [1.54, 1.807) is 18.2 Å². The van der Waals surface area contributed by atoms with E-state index in [-0.39, 0.29) is 22.9 Å². The highest BCUT2D eigenvalue weighted by Gasteiger charge is 2.30. The van der Waals surface area contributed by atoms with E-state index in [1.807, 2.05) is 18.7 Å². The molecular formula is C17H25N3O4S. The van der Waals surface area contributed by atoms with Crippen LogP contribution >= 0.6 is 0 Å². The summed E-state index contributed by atoms with van der Waals surface area (Å²) in [5.41, 5.74) is 0.412. The molecule has 3 rings (SSSR count). The van der Waals surface area contributed by atoms with E-state index in [0.717, 1.165) is 6.54 Å². The number of ether oxygens (including phenoxy) is 1. The normalized spacial score (nSPS) is 25.8. The summed E-state index contributed by atoms with van der Waals surface area (Å²) < 4.78 is 32.2. The molecule has 1 aromatic rings. The van der Waals surface area contributed by atoms with Crippen molar-refractivity contribution in [1.29, 1.82) is 0 Å². The van der Waals surface area contributed by atoms with Gasteiger partial charge < -0.3 is 15.0 Å². The molecule has 1 N–H and O–H groups in total. The molecule has 1 aromatic carbocycles. The molecular weight excluding hydrogens is 342 g/mol. The number of nitrogens with one attached hydrogen (secondary N) is 1. The van der Waals surface area contributed by atoms with E-state index in [2.05, 4.69) is 5.32 Å². The summed E-state index contributed by atoms with van der Waals surface area (Å²) in [6.07, 6.45) is 0. The number of carbonyl (C=O) groups is 1. The third kappa shape index (κ3) is 3.72. The highest BCUT2D eigenvalue weighted by molar-refractivity contribution is 7.89. The first-order valence-electron chi connectivity index (χ1n) is 8.63. The monoisotopic (exact) mass is 367 g/mol. The molecule has 138 valence electrons.